The van der Waals surface area contributed by atoms with Crippen LogP contribution in [0.15, 0.2) is 0 Å². The van der Waals surface area contributed by atoms with Crippen LogP contribution in [0.2, 0.25) is 11.1 Å². The van der Waals surface area contributed by atoms with Gasteiger partial charge in [-0.1, -0.05) is 51.6 Å². The van der Waals surface area contributed by atoms with E-state index in [1.54, 1.807) is 0 Å². The van der Waals surface area contributed by atoms with Gasteiger partial charge < -0.3 is 0 Å². The summed E-state index contributed by atoms with van der Waals surface area (Å²) in [5, 5.41) is 0. The number of rotatable bonds is 4. The molecule has 0 aliphatic rings. The number of hydrogen-bond acceptors (Lipinski definition) is 0. The Kier molecular flexibility index (Phi) is 4.89. The minimum absolute atomic E-state index is 0.632. The zero-order valence-electron chi connectivity index (χ0n) is 9.07. The Labute approximate surface area is 78.6 Å². The van der Waals surface area contributed by atoms with Gasteiger partial charge in [-0.2, -0.15) is 0 Å². The highest BCUT2D eigenvalue weighted by atomic mass is 29.6. The van der Waals surface area contributed by atoms with Crippen LogP contribution in [0.3, 0.4) is 0 Å². The van der Waals surface area contributed by atoms with Crippen molar-refractivity contribution in [3.63, 3.8) is 0 Å². The van der Waals surface area contributed by atoms with Gasteiger partial charge in [0.05, 0.1) is 0 Å². The molecule has 2 unspecified atom stereocenters. The number of hydrogen-bond donors (Lipinski definition) is 0. The van der Waals surface area contributed by atoms with E-state index in [0.717, 1.165) is 11.1 Å². The maximum atomic E-state index is 2.50. The molecule has 11 heavy (non-hydrogen) atoms. The Balaban J connectivity index is 4.18. The average molecular weight is 205 g/mol. The Hall–Kier alpha value is 0.651. The third-order valence-electron chi connectivity index (χ3n) is 3.76. The maximum Gasteiger partial charge on any atom is 0.0260 e. The summed E-state index contributed by atoms with van der Waals surface area (Å²) in [6.45, 7) is 9.73. The summed E-state index contributed by atoms with van der Waals surface area (Å²) in [7, 11) is 2.44. The minimum Gasteiger partial charge on any atom is -0.0654 e. The van der Waals surface area contributed by atoms with E-state index in [2.05, 4.69) is 27.7 Å². The van der Waals surface area contributed by atoms with E-state index in [0.29, 0.717) is 0 Å². The van der Waals surface area contributed by atoms with Crippen LogP contribution in [0.5, 0.6) is 0 Å². The van der Waals surface area contributed by atoms with E-state index < -0.39 is 7.11 Å². The van der Waals surface area contributed by atoms with Gasteiger partial charge in [0.25, 0.3) is 0 Å². The van der Waals surface area contributed by atoms with E-state index in [9.17, 15) is 0 Å². The Morgan fingerprint density at radius 3 is 1.45 bits per heavy atom. The van der Waals surface area contributed by atoms with Gasteiger partial charge in [-0.3, -0.25) is 0 Å². The summed E-state index contributed by atoms with van der Waals surface area (Å²) in [5.74, 6) is 0. The molecule has 0 heterocycles. The van der Waals surface area contributed by atoms with Crippen LogP contribution >= 0.6 is 0 Å². The summed E-state index contributed by atoms with van der Waals surface area (Å²) < 4.78 is 0. The van der Waals surface area contributed by atoms with Crippen molar-refractivity contribution in [2.24, 2.45) is 0 Å². The van der Waals surface area contributed by atoms with Crippen molar-refractivity contribution in [3.8, 4) is 0 Å². The first kappa shape index (κ1) is 11.7. The van der Waals surface area contributed by atoms with Crippen LogP contribution < -0.4 is 0 Å². The van der Waals surface area contributed by atoms with Gasteiger partial charge >= 0.3 is 0 Å². The molecule has 2 atom stereocenters. The lowest BCUT2D eigenvalue weighted by Gasteiger charge is -2.35. The van der Waals surface area contributed by atoms with Crippen molar-refractivity contribution in [1.82, 2.24) is 0 Å². The first-order chi connectivity index (χ1) is 4.96. The fourth-order valence-electron chi connectivity index (χ4n) is 1.54. The summed E-state index contributed by atoms with van der Waals surface area (Å²) in [4.78, 5) is 0. The second-order valence-electron chi connectivity index (χ2n) is 4.44. The zero-order valence-corrected chi connectivity index (χ0v) is 14.1. The van der Waals surface area contributed by atoms with Crippen molar-refractivity contribution in [1.29, 1.82) is 0 Å². The van der Waals surface area contributed by atoms with Gasteiger partial charge in [0.2, 0.25) is 0 Å². The molecule has 0 aromatic rings. The van der Waals surface area contributed by atoms with Crippen LogP contribution in [-0.4, -0.2) is 26.6 Å². The van der Waals surface area contributed by atoms with E-state index in [4.69, 9.17) is 0 Å². The van der Waals surface area contributed by atoms with Crippen molar-refractivity contribution >= 4 is 26.6 Å². The molecule has 0 rings (SSSR count). The Morgan fingerprint density at radius 1 is 1.00 bits per heavy atom. The fourth-order valence-corrected chi connectivity index (χ4v) is 9.51. The van der Waals surface area contributed by atoms with E-state index in [1.807, 2.05) is 0 Å². The first-order valence-corrected chi connectivity index (χ1v) is 14.1. The molecule has 68 valence electrons. The average Bonchev–Trinajstić information content (AvgIpc) is 2.01. The van der Waals surface area contributed by atoms with Gasteiger partial charge in [-0.15, -0.1) is 0 Å². The molecule has 0 saturated heterocycles. The molecule has 0 N–H and O–H groups in total. The van der Waals surface area contributed by atoms with E-state index in [-0.39, 0.29) is 0 Å². The molecule has 0 aromatic carbocycles. The summed E-state index contributed by atoms with van der Waals surface area (Å²) in [6, 6.07) is 0. The third kappa shape index (κ3) is 2.87. The van der Waals surface area contributed by atoms with E-state index >= 15 is 0 Å². The molecular formula is C8H24Si3. The lowest BCUT2D eigenvalue weighted by molar-refractivity contribution is 0.789. The molecular weight excluding hydrogens is 180 g/mol. The Bertz CT molecular complexity index is 99.9. The molecule has 0 aliphatic heterocycles. The lowest BCUT2D eigenvalue weighted by atomic mass is 10.4. The molecule has 0 aliphatic carbocycles. The molecule has 0 nitrogen and oxygen atoms in total. The van der Waals surface area contributed by atoms with Crippen molar-refractivity contribution < 1.29 is 0 Å². The van der Waals surface area contributed by atoms with Crippen molar-refractivity contribution in [2.75, 3.05) is 0 Å². The topological polar surface area (TPSA) is 0 Å². The van der Waals surface area contributed by atoms with Crippen LogP contribution in [-0.2, 0) is 0 Å². The van der Waals surface area contributed by atoms with Crippen molar-refractivity contribution in [2.45, 2.75) is 51.6 Å². The standard InChI is InChI=1S/C8H24Si3/c1-5-7(3)11(9,10)8(4)6-2/h7-8H,5-6H2,1-4,9-10H3. The normalized spacial score (nSPS) is 22.9. The fraction of sp³-hybridized carbons (Fsp3) is 1.00. The predicted octanol–water partition coefficient (Wildman–Crippen LogP) is 0.760. The van der Waals surface area contributed by atoms with Crippen LogP contribution in [0.25, 0.3) is 0 Å². The highest BCUT2D eigenvalue weighted by Crippen LogP contribution is 2.31. The van der Waals surface area contributed by atoms with Crippen LogP contribution in [0, 0.1) is 0 Å². The second kappa shape index (κ2) is 4.62. The molecule has 0 aromatic heterocycles. The van der Waals surface area contributed by atoms with Gasteiger partial charge in [-0.25, -0.2) is 0 Å². The second-order valence-corrected chi connectivity index (χ2v) is 29.0. The van der Waals surface area contributed by atoms with Gasteiger partial charge in [0.15, 0.2) is 0 Å². The maximum absolute atomic E-state index is 2.50. The largest absolute Gasteiger partial charge is 0.0654 e. The van der Waals surface area contributed by atoms with Crippen molar-refractivity contribution in [3.05, 3.63) is 0 Å². The molecule has 0 fully saturated rings. The van der Waals surface area contributed by atoms with E-state index in [1.165, 1.54) is 32.4 Å². The van der Waals surface area contributed by atoms with Gasteiger partial charge in [-0.05, 0) is 19.5 Å². The zero-order chi connectivity index (χ0) is 9.07. The molecule has 0 radical (unpaired) electrons. The monoisotopic (exact) mass is 204 g/mol. The summed E-state index contributed by atoms with van der Waals surface area (Å²) in [6.07, 6.45) is 2.87. The molecule has 0 spiro atoms. The Morgan fingerprint density at radius 2 is 1.27 bits per heavy atom. The quantitative estimate of drug-likeness (QED) is 0.593. The van der Waals surface area contributed by atoms with Gasteiger partial charge in [0, 0.05) is 7.11 Å². The highest BCUT2D eigenvalue weighted by molar-refractivity contribution is 7.42. The third-order valence-corrected chi connectivity index (χ3v) is 21.5. The lowest BCUT2D eigenvalue weighted by Crippen LogP contribution is -2.45. The molecule has 0 amide bonds. The minimum atomic E-state index is -0.632. The molecule has 3 heteroatoms. The van der Waals surface area contributed by atoms with Gasteiger partial charge in [0.1, 0.15) is 0 Å². The predicted molar refractivity (Wildman–Crippen MR) is 65.1 cm³/mol. The molecule has 0 bridgehead atoms. The smallest absolute Gasteiger partial charge is 0.0260 e. The summed E-state index contributed by atoms with van der Waals surface area (Å²) in [5.41, 5.74) is 2.21. The highest BCUT2D eigenvalue weighted by Gasteiger charge is 2.31. The van der Waals surface area contributed by atoms with Crippen LogP contribution in [0.4, 0.5) is 0 Å². The SMILES string of the molecule is CCC(C)[Si]([SiH3])([SiH3])C(C)CC. The first-order valence-electron chi connectivity index (χ1n) is 4.96. The van der Waals surface area contributed by atoms with Crippen LogP contribution in [0.1, 0.15) is 40.5 Å². The summed E-state index contributed by atoms with van der Waals surface area (Å²) >= 11 is 0. The molecule has 0 saturated carbocycles.